The van der Waals surface area contributed by atoms with Crippen LogP contribution in [0.4, 0.5) is 10.1 Å². The largest absolute Gasteiger partial charge is 0.355 e. The molecular weight excluding hydrogens is 447 g/mol. The number of amides is 2. The summed E-state index contributed by atoms with van der Waals surface area (Å²) in [5.74, 6) is -1.78. The first-order valence-electron chi connectivity index (χ1n) is 10.6. The molecule has 0 aliphatic heterocycles. The quantitative estimate of drug-likeness (QED) is 0.568. The van der Waals surface area contributed by atoms with Crippen LogP contribution >= 0.6 is 0 Å². The fourth-order valence-electron chi connectivity index (χ4n) is 3.27. The Labute approximate surface area is 195 Å². The predicted molar refractivity (Wildman–Crippen MR) is 126 cm³/mol. The average molecular weight is 479 g/mol. The number of halogens is 1. The number of carbonyl (C=O) groups excluding carboxylic acids is 2. The van der Waals surface area contributed by atoms with Crippen LogP contribution in [-0.4, -0.2) is 62.7 Å². The van der Waals surface area contributed by atoms with Crippen LogP contribution in [0.5, 0.6) is 0 Å². The van der Waals surface area contributed by atoms with Gasteiger partial charge in [-0.3, -0.25) is 9.59 Å². The fourth-order valence-corrected chi connectivity index (χ4v) is 4.33. The van der Waals surface area contributed by atoms with Crippen molar-refractivity contribution in [2.24, 2.45) is 0 Å². The van der Waals surface area contributed by atoms with E-state index in [4.69, 9.17) is 0 Å². The monoisotopic (exact) mass is 478 g/mol. The third-order valence-corrected chi connectivity index (χ3v) is 6.90. The van der Waals surface area contributed by atoms with Gasteiger partial charge < -0.3 is 10.2 Å². The maximum atomic E-state index is 14.5. The summed E-state index contributed by atoms with van der Waals surface area (Å²) < 4.78 is 42.1. The van der Waals surface area contributed by atoms with Crippen LogP contribution in [0.3, 0.4) is 0 Å². The van der Waals surface area contributed by atoms with Gasteiger partial charge in [0.1, 0.15) is 18.4 Å². The van der Waals surface area contributed by atoms with Crippen LogP contribution < -0.4 is 9.62 Å². The van der Waals surface area contributed by atoms with Crippen molar-refractivity contribution in [1.82, 2.24) is 14.5 Å². The van der Waals surface area contributed by atoms with Gasteiger partial charge in [0.25, 0.3) is 0 Å². The molecule has 0 unspecified atom stereocenters. The van der Waals surface area contributed by atoms with Crippen molar-refractivity contribution in [3.05, 3.63) is 65.5 Å². The van der Waals surface area contributed by atoms with Gasteiger partial charge in [-0.15, -0.1) is 0 Å². The Morgan fingerprint density at radius 1 is 1.09 bits per heavy atom. The second-order valence-electron chi connectivity index (χ2n) is 7.83. The molecule has 2 rings (SSSR count). The van der Waals surface area contributed by atoms with Crippen molar-refractivity contribution in [1.29, 1.82) is 0 Å². The molecule has 0 saturated heterocycles. The number of nitrogens with one attached hydrogen (secondary N) is 1. The smallest absolute Gasteiger partial charge is 0.304 e. The molecule has 0 radical (unpaired) electrons. The molecule has 0 heterocycles. The van der Waals surface area contributed by atoms with Crippen LogP contribution in [-0.2, 0) is 26.3 Å². The van der Waals surface area contributed by atoms with Crippen LogP contribution in [0.2, 0.25) is 0 Å². The molecule has 0 bridgehead atoms. The number of hydrogen-bond acceptors (Lipinski definition) is 4. The van der Waals surface area contributed by atoms with E-state index in [1.807, 2.05) is 31.2 Å². The zero-order valence-corrected chi connectivity index (χ0v) is 20.4. The number of benzene rings is 2. The molecule has 180 valence electrons. The van der Waals surface area contributed by atoms with Gasteiger partial charge in [-0.1, -0.05) is 42.0 Å². The van der Waals surface area contributed by atoms with E-state index in [-0.39, 0.29) is 18.1 Å². The van der Waals surface area contributed by atoms with E-state index < -0.39 is 34.5 Å². The number of likely N-dealkylation sites (N-methyl/N-ethyl adjacent to an activating group) is 1. The Hall–Kier alpha value is -2.98. The highest BCUT2D eigenvalue weighted by Crippen LogP contribution is 2.24. The molecule has 1 atom stereocenters. The van der Waals surface area contributed by atoms with E-state index in [1.165, 1.54) is 37.2 Å². The summed E-state index contributed by atoms with van der Waals surface area (Å²) in [6.45, 7) is 5.05. The van der Waals surface area contributed by atoms with E-state index in [2.05, 4.69) is 5.32 Å². The van der Waals surface area contributed by atoms with Crippen molar-refractivity contribution in [2.75, 3.05) is 31.5 Å². The third-order valence-electron chi connectivity index (χ3n) is 5.09. The summed E-state index contributed by atoms with van der Waals surface area (Å²) >= 11 is 0. The molecule has 8 nitrogen and oxygen atoms in total. The van der Waals surface area contributed by atoms with Crippen LogP contribution in [0.15, 0.2) is 48.5 Å². The van der Waals surface area contributed by atoms with Gasteiger partial charge in [0, 0.05) is 27.2 Å². The number of rotatable bonds is 10. The molecule has 2 amide bonds. The van der Waals surface area contributed by atoms with Gasteiger partial charge in [0.05, 0.1) is 5.69 Å². The lowest BCUT2D eigenvalue weighted by Crippen LogP contribution is -2.52. The van der Waals surface area contributed by atoms with Gasteiger partial charge in [-0.25, -0.2) is 8.70 Å². The fraction of sp³-hybridized carbons (Fsp3) is 0.391. The summed E-state index contributed by atoms with van der Waals surface area (Å²) in [7, 11) is -1.60. The maximum Gasteiger partial charge on any atom is 0.304 e. The Morgan fingerprint density at radius 2 is 1.76 bits per heavy atom. The van der Waals surface area contributed by atoms with Crippen molar-refractivity contribution in [3.8, 4) is 0 Å². The number of carbonyl (C=O) groups is 2. The molecule has 0 spiro atoms. The highest BCUT2D eigenvalue weighted by atomic mass is 32.2. The topological polar surface area (TPSA) is 90.0 Å². The van der Waals surface area contributed by atoms with Crippen LogP contribution in [0, 0.1) is 12.7 Å². The minimum absolute atomic E-state index is 0.0892. The molecule has 0 saturated carbocycles. The predicted octanol–water partition coefficient (Wildman–Crippen LogP) is 2.30. The summed E-state index contributed by atoms with van der Waals surface area (Å²) in [4.78, 5) is 27.3. The minimum atomic E-state index is -4.20. The van der Waals surface area contributed by atoms with Crippen molar-refractivity contribution in [2.45, 2.75) is 33.4 Å². The second kappa shape index (κ2) is 11.2. The summed E-state index contributed by atoms with van der Waals surface area (Å²) in [6, 6.07) is 11.9. The molecule has 0 aromatic heterocycles. The summed E-state index contributed by atoms with van der Waals surface area (Å²) in [6.07, 6.45) is 0. The lowest BCUT2D eigenvalue weighted by atomic mass is 10.1. The molecule has 2 aromatic rings. The summed E-state index contributed by atoms with van der Waals surface area (Å²) in [5, 5.41) is 2.69. The van der Waals surface area contributed by atoms with Gasteiger partial charge in [0.2, 0.25) is 11.8 Å². The Kier molecular flexibility index (Phi) is 8.95. The molecule has 0 aliphatic rings. The van der Waals surface area contributed by atoms with Crippen molar-refractivity contribution >= 4 is 27.7 Å². The zero-order valence-electron chi connectivity index (χ0n) is 19.6. The highest BCUT2D eigenvalue weighted by molar-refractivity contribution is 7.90. The highest BCUT2D eigenvalue weighted by Gasteiger charge is 2.33. The Morgan fingerprint density at radius 3 is 2.33 bits per heavy atom. The molecule has 2 aromatic carbocycles. The number of nitrogens with zero attached hydrogens (tertiary/aromatic N) is 3. The molecule has 33 heavy (non-hydrogen) atoms. The minimum Gasteiger partial charge on any atom is -0.355 e. The normalized spacial score (nSPS) is 12.3. The van der Waals surface area contributed by atoms with Crippen molar-refractivity contribution < 1.29 is 22.4 Å². The van der Waals surface area contributed by atoms with E-state index in [0.717, 1.165) is 25.8 Å². The van der Waals surface area contributed by atoms with Gasteiger partial charge in [-0.05, 0) is 38.5 Å². The third kappa shape index (κ3) is 6.52. The number of aryl methyl sites for hydroxylation is 1. The first-order valence-corrected chi connectivity index (χ1v) is 12.0. The van der Waals surface area contributed by atoms with E-state index >= 15 is 0 Å². The SMILES string of the molecule is CCNC(=O)[C@@H](C)N(Cc1cccc(C)c1)C(=O)CN(c1ccccc1F)S(=O)(=O)N(C)C. The molecule has 0 aliphatic carbocycles. The molecule has 10 heteroatoms. The Bertz CT molecular complexity index is 1090. The van der Waals surface area contributed by atoms with E-state index in [9.17, 15) is 22.4 Å². The number of anilines is 1. The maximum absolute atomic E-state index is 14.5. The molecule has 1 N–H and O–H groups in total. The lowest BCUT2D eigenvalue weighted by molar-refractivity contribution is -0.139. The molecular formula is C23H31FN4O4S. The number of hydrogen-bond donors (Lipinski definition) is 1. The first-order chi connectivity index (χ1) is 15.5. The lowest BCUT2D eigenvalue weighted by Gasteiger charge is -2.32. The van der Waals surface area contributed by atoms with Gasteiger partial charge >= 0.3 is 10.2 Å². The van der Waals surface area contributed by atoms with Crippen molar-refractivity contribution in [3.63, 3.8) is 0 Å². The van der Waals surface area contributed by atoms with E-state index in [1.54, 1.807) is 13.8 Å². The van der Waals surface area contributed by atoms with Crippen LogP contribution in [0.1, 0.15) is 25.0 Å². The van der Waals surface area contributed by atoms with Crippen LogP contribution in [0.25, 0.3) is 0 Å². The van der Waals surface area contributed by atoms with Gasteiger partial charge in [0.15, 0.2) is 0 Å². The van der Waals surface area contributed by atoms with E-state index in [0.29, 0.717) is 6.54 Å². The first kappa shape index (κ1) is 26.3. The Balaban J connectivity index is 2.47. The average Bonchev–Trinajstić information content (AvgIpc) is 2.75. The second-order valence-corrected chi connectivity index (χ2v) is 9.90. The van der Waals surface area contributed by atoms with Gasteiger partial charge in [-0.2, -0.15) is 12.7 Å². The zero-order chi connectivity index (χ0) is 24.8. The summed E-state index contributed by atoms with van der Waals surface area (Å²) in [5.41, 5.74) is 1.52. The molecule has 0 fully saturated rings. The number of para-hydroxylation sites is 1. The standard InChI is InChI=1S/C23H31FN4O4S/c1-6-25-23(30)18(3)27(15-19-11-9-10-17(2)14-19)22(29)16-28(33(31,32)26(4)5)21-13-8-7-12-20(21)24/h7-14,18H,6,15-16H2,1-5H3,(H,25,30)/t18-/m1/s1.